The van der Waals surface area contributed by atoms with Crippen LogP contribution in [0.1, 0.15) is 31.7 Å². The van der Waals surface area contributed by atoms with E-state index >= 15 is 0 Å². The lowest BCUT2D eigenvalue weighted by molar-refractivity contribution is -0.134. The highest BCUT2D eigenvalue weighted by Crippen LogP contribution is 2.25. The van der Waals surface area contributed by atoms with Crippen LogP contribution in [0, 0.1) is 11.8 Å². The van der Waals surface area contributed by atoms with E-state index in [0.29, 0.717) is 24.2 Å². The van der Waals surface area contributed by atoms with E-state index in [4.69, 9.17) is 0 Å². The van der Waals surface area contributed by atoms with Crippen LogP contribution in [-0.2, 0) is 11.3 Å². The average Bonchev–Trinajstić information content (AvgIpc) is 2.75. The third-order valence-corrected chi connectivity index (χ3v) is 6.68. The van der Waals surface area contributed by atoms with Gasteiger partial charge < -0.3 is 10.2 Å². The predicted molar refractivity (Wildman–Crippen MR) is 130 cm³/mol. The summed E-state index contributed by atoms with van der Waals surface area (Å²) in [6, 6.07) is 15.2. The Morgan fingerprint density at radius 2 is 1.67 bits per heavy atom. The van der Waals surface area contributed by atoms with Gasteiger partial charge >= 0.3 is 0 Å². The molecule has 2 aliphatic rings. The number of benzene rings is 2. The van der Waals surface area contributed by atoms with Gasteiger partial charge in [-0.2, -0.15) is 0 Å². The van der Waals surface area contributed by atoms with Gasteiger partial charge in [-0.05, 0) is 54.1 Å². The molecule has 0 saturated carbocycles. The van der Waals surface area contributed by atoms with Gasteiger partial charge in [-0.1, -0.05) is 49.4 Å². The molecular weight excluding hydrogens is 417 g/mol. The molecule has 0 aliphatic carbocycles. The van der Waals surface area contributed by atoms with Crippen LogP contribution in [0.3, 0.4) is 0 Å². The van der Waals surface area contributed by atoms with Gasteiger partial charge in [0.05, 0.1) is 0 Å². The van der Waals surface area contributed by atoms with Crippen LogP contribution >= 0.6 is 24.8 Å². The third-order valence-electron chi connectivity index (χ3n) is 6.68. The molecule has 0 aromatic heterocycles. The third kappa shape index (κ3) is 6.10. The molecule has 2 aliphatic heterocycles. The maximum absolute atomic E-state index is 12.8. The van der Waals surface area contributed by atoms with Crippen molar-refractivity contribution in [3.63, 3.8) is 0 Å². The van der Waals surface area contributed by atoms with E-state index in [9.17, 15) is 4.79 Å². The van der Waals surface area contributed by atoms with Crippen molar-refractivity contribution in [1.29, 1.82) is 0 Å². The number of carbonyl (C=O) groups is 1. The molecule has 30 heavy (non-hydrogen) atoms. The zero-order valence-electron chi connectivity index (χ0n) is 17.9. The van der Waals surface area contributed by atoms with Gasteiger partial charge in [-0.25, -0.2) is 0 Å². The minimum atomic E-state index is 0. The van der Waals surface area contributed by atoms with Crippen LogP contribution in [0.25, 0.3) is 10.8 Å². The van der Waals surface area contributed by atoms with Crippen LogP contribution in [0.2, 0.25) is 0 Å². The molecule has 4 rings (SSSR count). The smallest absolute Gasteiger partial charge is 0.222 e. The van der Waals surface area contributed by atoms with Crippen LogP contribution < -0.4 is 5.32 Å². The lowest BCUT2D eigenvalue weighted by Crippen LogP contribution is -2.48. The largest absolute Gasteiger partial charge is 0.340 e. The van der Waals surface area contributed by atoms with Crippen molar-refractivity contribution in [1.82, 2.24) is 15.1 Å². The summed E-state index contributed by atoms with van der Waals surface area (Å²) in [5.41, 5.74) is 1.39. The van der Waals surface area contributed by atoms with E-state index < -0.39 is 0 Å². The SMILES string of the molecule is CC(CC(=O)N1CCN(Cc2cccc3ccccc23)CC1)C1CCNCC1.Cl.Cl. The lowest BCUT2D eigenvalue weighted by atomic mass is 9.84. The number of rotatable bonds is 5. The molecule has 6 heteroatoms. The Bertz CT molecular complexity index is 797. The average molecular weight is 452 g/mol. The lowest BCUT2D eigenvalue weighted by Gasteiger charge is -2.36. The molecule has 0 bridgehead atoms. The first-order valence-electron chi connectivity index (χ1n) is 10.9. The van der Waals surface area contributed by atoms with Crippen molar-refractivity contribution in [2.24, 2.45) is 11.8 Å². The van der Waals surface area contributed by atoms with Gasteiger partial charge in [0, 0.05) is 39.1 Å². The summed E-state index contributed by atoms with van der Waals surface area (Å²) < 4.78 is 0. The number of carbonyl (C=O) groups excluding carboxylic acids is 1. The maximum Gasteiger partial charge on any atom is 0.222 e. The Morgan fingerprint density at radius 1 is 1.00 bits per heavy atom. The normalized spacial score (nSPS) is 19.0. The highest BCUT2D eigenvalue weighted by Gasteiger charge is 2.26. The number of nitrogens with one attached hydrogen (secondary N) is 1. The first kappa shape index (κ1) is 24.9. The topological polar surface area (TPSA) is 35.6 Å². The Labute approximate surface area is 193 Å². The van der Waals surface area contributed by atoms with Gasteiger partial charge in [-0.15, -0.1) is 24.8 Å². The van der Waals surface area contributed by atoms with Crippen molar-refractivity contribution in [2.45, 2.75) is 32.7 Å². The fourth-order valence-electron chi connectivity index (χ4n) is 4.81. The first-order valence-corrected chi connectivity index (χ1v) is 10.9. The van der Waals surface area contributed by atoms with Crippen LogP contribution in [0.5, 0.6) is 0 Å². The van der Waals surface area contributed by atoms with E-state index in [1.165, 1.54) is 29.2 Å². The number of nitrogens with zero attached hydrogens (tertiary/aromatic N) is 2. The molecule has 0 radical (unpaired) electrons. The van der Waals surface area contributed by atoms with Gasteiger partial charge in [-0.3, -0.25) is 9.69 Å². The molecular formula is C24H35Cl2N3O. The second kappa shape index (κ2) is 11.9. The second-order valence-corrected chi connectivity index (χ2v) is 8.56. The number of piperazine rings is 1. The minimum Gasteiger partial charge on any atom is -0.340 e. The summed E-state index contributed by atoms with van der Waals surface area (Å²) >= 11 is 0. The van der Waals surface area contributed by atoms with E-state index in [0.717, 1.165) is 45.8 Å². The van der Waals surface area contributed by atoms with Crippen molar-refractivity contribution in [3.05, 3.63) is 48.0 Å². The van der Waals surface area contributed by atoms with Crippen LogP contribution in [0.4, 0.5) is 0 Å². The quantitative estimate of drug-likeness (QED) is 0.733. The Kier molecular flexibility index (Phi) is 9.89. The molecule has 2 saturated heterocycles. The number of fused-ring (bicyclic) bond motifs is 1. The minimum absolute atomic E-state index is 0. The Hall–Kier alpha value is -1.33. The summed E-state index contributed by atoms with van der Waals surface area (Å²) in [4.78, 5) is 17.4. The van der Waals surface area contributed by atoms with E-state index in [1.807, 2.05) is 0 Å². The standard InChI is InChI=1S/C24H33N3O.2ClH/c1-19(20-9-11-25-12-10-20)17-24(28)27-15-13-26(14-16-27)18-22-7-4-6-21-5-2-3-8-23(21)22;;/h2-8,19-20,25H,9-18H2,1H3;2*1H. The van der Waals surface area contributed by atoms with Gasteiger partial charge in [0.15, 0.2) is 0 Å². The van der Waals surface area contributed by atoms with Crippen molar-refractivity contribution < 1.29 is 4.79 Å². The molecule has 1 amide bonds. The molecule has 0 spiro atoms. The summed E-state index contributed by atoms with van der Waals surface area (Å²) in [5.74, 6) is 1.57. The Morgan fingerprint density at radius 3 is 2.40 bits per heavy atom. The Balaban J connectivity index is 0.00000160. The maximum atomic E-state index is 12.8. The van der Waals surface area contributed by atoms with Crippen molar-refractivity contribution in [2.75, 3.05) is 39.3 Å². The number of amides is 1. The van der Waals surface area contributed by atoms with Gasteiger partial charge in [0.1, 0.15) is 0 Å². The van der Waals surface area contributed by atoms with Gasteiger partial charge in [0.25, 0.3) is 0 Å². The fraction of sp³-hybridized carbons (Fsp3) is 0.542. The van der Waals surface area contributed by atoms with Crippen LogP contribution in [-0.4, -0.2) is 55.0 Å². The second-order valence-electron chi connectivity index (χ2n) is 8.56. The number of hydrogen-bond donors (Lipinski definition) is 1. The molecule has 1 N–H and O–H groups in total. The number of halogens is 2. The highest BCUT2D eigenvalue weighted by atomic mass is 35.5. The predicted octanol–water partition coefficient (Wildman–Crippen LogP) is 4.35. The zero-order valence-corrected chi connectivity index (χ0v) is 19.5. The number of hydrogen-bond acceptors (Lipinski definition) is 3. The van der Waals surface area contributed by atoms with E-state index in [1.54, 1.807) is 0 Å². The summed E-state index contributed by atoms with van der Waals surface area (Å²) in [7, 11) is 0. The molecule has 1 atom stereocenters. The fourth-order valence-corrected chi connectivity index (χ4v) is 4.81. The molecule has 2 aromatic carbocycles. The van der Waals surface area contributed by atoms with Crippen molar-refractivity contribution >= 4 is 41.5 Å². The first-order chi connectivity index (χ1) is 13.7. The van der Waals surface area contributed by atoms with Crippen LogP contribution in [0.15, 0.2) is 42.5 Å². The molecule has 2 fully saturated rings. The molecule has 1 unspecified atom stereocenters. The highest BCUT2D eigenvalue weighted by molar-refractivity contribution is 5.86. The monoisotopic (exact) mass is 451 g/mol. The molecule has 2 heterocycles. The number of piperidine rings is 1. The summed E-state index contributed by atoms with van der Waals surface area (Å²) in [6.07, 6.45) is 3.15. The molecule has 2 aromatic rings. The summed E-state index contributed by atoms with van der Waals surface area (Å²) in [6.45, 7) is 9.12. The molecule has 4 nitrogen and oxygen atoms in total. The van der Waals surface area contributed by atoms with E-state index in [2.05, 4.69) is 64.5 Å². The van der Waals surface area contributed by atoms with E-state index in [-0.39, 0.29) is 24.8 Å². The van der Waals surface area contributed by atoms with Crippen molar-refractivity contribution in [3.8, 4) is 0 Å². The summed E-state index contributed by atoms with van der Waals surface area (Å²) in [5, 5.41) is 6.07. The molecule has 166 valence electrons. The zero-order chi connectivity index (χ0) is 19.3. The van der Waals surface area contributed by atoms with Gasteiger partial charge in [0.2, 0.25) is 5.91 Å².